The molecule has 7 heteroatoms. The van der Waals surface area contributed by atoms with Crippen molar-refractivity contribution in [2.24, 2.45) is 0 Å². The molecule has 0 saturated heterocycles. The smallest absolute Gasteiger partial charge is 0.346 e. The van der Waals surface area contributed by atoms with Crippen LogP contribution in [0.4, 0.5) is 10.1 Å². The molecule has 0 fully saturated rings. The second-order valence-electron chi connectivity index (χ2n) is 6.22. The van der Waals surface area contributed by atoms with Crippen LogP contribution in [0.15, 0.2) is 53.0 Å². The van der Waals surface area contributed by atoms with Crippen LogP contribution in [0.1, 0.15) is 32.5 Å². The number of fused-ring (bicyclic) bond motifs is 1. The van der Waals surface area contributed by atoms with Crippen LogP contribution in [0.2, 0.25) is 0 Å². The maximum Gasteiger partial charge on any atom is 0.346 e. The van der Waals surface area contributed by atoms with Crippen LogP contribution < -0.4 is 5.32 Å². The fourth-order valence-electron chi connectivity index (χ4n) is 3.32. The van der Waals surface area contributed by atoms with E-state index in [1.807, 2.05) is 24.3 Å². The molecular weight excluding hydrogens is 433 g/mol. The number of halogens is 2. The molecule has 1 amide bonds. The first-order chi connectivity index (χ1) is 12.9. The Balaban J connectivity index is 1.94. The quantitative estimate of drug-likeness (QED) is 0.559. The minimum atomic E-state index is -1.07. The average Bonchev–Trinajstić information content (AvgIpc) is 3.01. The fourth-order valence-corrected chi connectivity index (χ4v) is 4.98. The number of amides is 1. The Kier molecular flexibility index (Phi) is 4.57. The van der Waals surface area contributed by atoms with Crippen molar-refractivity contribution in [1.29, 1.82) is 0 Å². The molecule has 136 valence electrons. The van der Waals surface area contributed by atoms with E-state index in [1.54, 1.807) is 0 Å². The van der Waals surface area contributed by atoms with Gasteiger partial charge in [0.1, 0.15) is 10.7 Å². The summed E-state index contributed by atoms with van der Waals surface area (Å²) in [6.45, 7) is 0. The van der Waals surface area contributed by atoms with Gasteiger partial charge in [0.25, 0.3) is 0 Å². The van der Waals surface area contributed by atoms with Gasteiger partial charge < -0.3 is 10.4 Å². The van der Waals surface area contributed by atoms with Crippen molar-refractivity contribution in [3.8, 4) is 11.1 Å². The molecule has 0 bridgehead atoms. The van der Waals surface area contributed by atoms with Gasteiger partial charge in [0.2, 0.25) is 5.91 Å². The van der Waals surface area contributed by atoms with E-state index in [-0.39, 0.29) is 23.1 Å². The molecular formula is C20H13BrFNO3S. The van der Waals surface area contributed by atoms with Crippen LogP contribution >= 0.6 is 27.3 Å². The molecule has 27 heavy (non-hydrogen) atoms. The normalized spacial score (nSPS) is 15.9. The van der Waals surface area contributed by atoms with Crippen molar-refractivity contribution in [3.05, 3.63) is 74.1 Å². The number of benzene rings is 2. The summed E-state index contributed by atoms with van der Waals surface area (Å²) in [4.78, 5) is 25.2. The molecule has 0 radical (unpaired) electrons. The van der Waals surface area contributed by atoms with Crippen molar-refractivity contribution in [2.75, 3.05) is 5.32 Å². The maximum atomic E-state index is 13.3. The standard InChI is InChI=1S/C20H13BrFNO3S/c21-12-3-1-2-11(8-12)14-9-15(24)23-17-16(10-4-6-13(22)7-5-10)19(20(25)26)27-18(14)17/h1-8,14H,9H2,(H,23,24)(H,25,26)/t14-/m1/s1. The zero-order valence-electron chi connectivity index (χ0n) is 13.8. The molecule has 2 aromatic carbocycles. The third-order valence-corrected chi connectivity index (χ3v) is 6.27. The number of hydrogen-bond acceptors (Lipinski definition) is 3. The Morgan fingerprint density at radius 3 is 2.63 bits per heavy atom. The van der Waals surface area contributed by atoms with Crippen molar-refractivity contribution >= 4 is 44.8 Å². The Morgan fingerprint density at radius 2 is 1.96 bits per heavy atom. The first-order valence-electron chi connectivity index (χ1n) is 8.15. The van der Waals surface area contributed by atoms with Crippen LogP contribution in [0, 0.1) is 5.82 Å². The van der Waals surface area contributed by atoms with Crippen LogP contribution in [0.25, 0.3) is 11.1 Å². The van der Waals surface area contributed by atoms with Crippen molar-refractivity contribution in [2.45, 2.75) is 12.3 Å². The molecule has 0 saturated carbocycles. The van der Waals surface area contributed by atoms with Gasteiger partial charge in [0, 0.05) is 27.3 Å². The van der Waals surface area contributed by atoms with Crippen LogP contribution in [0.5, 0.6) is 0 Å². The third-order valence-electron chi connectivity index (χ3n) is 4.48. The summed E-state index contributed by atoms with van der Waals surface area (Å²) in [5, 5.41) is 12.5. The third kappa shape index (κ3) is 3.28. The van der Waals surface area contributed by atoms with E-state index in [0.29, 0.717) is 16.8 Å². The number of nitrogens with one attached hydrogen (secondary N) is 1. The highest BCUT2D eigenvalue weighted by atomic mass is 79.9. The summed E-state index contributed by atoms with van der Waals surface area (Å²) >= 11 is 4.60. The minimum absolute atomic E-state index is 0.133. The Hall–Kier alpha value is -2.51. The van der Waals surface area contributed by atoms with Gasteiger partial charge in [-0.05, 0) is 35.4 Å². The number of carboxylic acid groups (broad SMARTS) is 1. The number of thiophene rings is 1. The number of hydrogen-bond donors (Lipinski definition) is 2. The number of carbonyl (C=O) groups excluding carboxylic acids is 1. The molecule has 3 aromatic rings. The lowest BCUT2D eigenvalue weighted by Crippen LogP contribution is -2.22. The molecule has 4 rings (SSSR count). The SMILES string of the molecule is O=C1C[C@H](c2cccc(Br)c2)c2sc(C(=O)O)c(-c3ccc(F)cc3)c2N1. The van der Waals surface area contributed by atoms with E-state index >= 15 is 0 Å². The fraction of sp³-hybridized carbons (Fsp3) is 0.100. The van der Waals surface area contributed by atoms with Gasteiger partial charge in [-0.15, -0.1) is 11.3 Å². The number of carboxylic acids is 1. The van der Waals surface area contributed by atoms with Crippen molar-refractivity contribution in [3.63, 3.8) is 0 Å². The summed E-state index contributed by atoms with van der Waals surface area (Å²) in [5.41, 5.74) is 2.42. The highest BCUT2D eigenvalue weighted by Gasteiger charge is 2.34. The van der Waals surface area contributed by atoms with Gasteiger partial charge in [-0.2, -0.15) is 0 Å². The number of carbonyl (C=O) groups is 2. The lowest BCUT2D eigenvalue weighted by atomic mass is 9.89. The van der Waals surface area contributed by atoms with Crippen LogP contribution in [-0.2, 0) is 4.79 Å². The highest BCUT2D eigenvalue weighted by Crippen LogP contribution is 2.49. The lowest BCUT2D eigenvalue weighted by Gasteiger charge is -2.24. The van der Waals surface area contributed by atoms with Gasteiger partial charge in [-0.1, -0.05) is 40.2 Å². The molecule has 0 spiro atoms. The monoisotopic (exact) mass is 445 g/mol. The first kappa shape index (κ1) is 17.9. The summed E-state index contributed by atoms with van der Waals surface area (Å²) in [6.07, 6.45) is 0.242. The molecule has 1 atom stereocenters. The number of aromatic carboxylic acids is 1. The predicted octanol–water partition coefficient (Wildman–Crippen LogP) is 5.49. The van der Waals surface area contributed by atoms with Gasteiger partial charge in [-0.3, -0.25) is 4.79 Å². The van der Waals surface area contributed by atoms with Gasteiger partial charge in [-0.25, -0.2) is 9.18 Å². The van der Waals surface area contributed by atoms with Crippen molar-refractivity contribution < 1.29 is 19.1 Å². The van der Waals surface area contributed by atoms with Gasteiger partial charge in [0.15, 0.2) is 0 Å². The van der Waals surface area contributed by atoms with E-state index in [0.717, 1.165) is 26.3 Å². The first-order valence-corrected chi connectivity index (χ1v) is 9.76. The predicted molar refractivity (Wildman–Crippen MR) is 106 cm³/mol. The minimum Gasteiger partial charge on any atom is -0.477 e. The summed E-state index contributed by atoms with van der Waals surface area (Å²) < 4.78 is 14.2. The lowest BCUT2D eigenvalue weighted by molar-refractivity contribution is -0.116. The molecule has 2 N–H and O–H groups in total. The topological polar surface area (TPSA) is 66.4 Å². The summed E-state index contributed by atoms with van der Waals surface area (Å²) in [6, 6.07) is 13.3. The van der Waals surface area contributed by atoms with E-state index in [2.05, 4.69) is 21.2 Å². The van der Waals surface area contributed by atoms with Crippen LogP contribution in [-0.4, -0.2) is 17.0 Å². The largest absolute Gasteiger partial charge is 0.477 e. The number of rotatable bonds is 3. The summed E-state index contributed by atoms with van der Waals surface area (Å²) in [7, 11) is 0. The second kappa shape index (κ2) is 6.90. The van der Waals surface area contributed by atoms with Gasteiger partial charge in [0.05, 0.1) is 5.69 Å². The Bertz CT molecular complexity index is 1060. The van der Waals surface area contributed by atoms with E-state index < -0.39 is 11.8 Å². The molecule has 1 aliphatic heterocycles. The number of anilines is 1. The molecule has 4 nitrogen and oxygen atoms in total. The summed E-state index contributed by atoms with van der Waals surface area (Å²) in [5.74, 6) is -1.89. The zero-order valence-corrected chi connectivity index (χ0v) is 16.2. The van der Waals surface area contributed by atoms with Crippen molar-refractivity contribution in [1.82, 2.24) is 0 Å². The molecule has 0 aliphatic carbocycles. The molecule has 2 heterocycles. The molecule has 0 unspecified atom stereocenters. The second-order valence-corrected chi connectivity index (χ2v) is 8.19. The van der Waals surface area contributed by atoms with Crippen LogP contribution in [0.3, 0.4) is 0 Å². The highest BCUT2D eigenvalue weighted by molar-refractivity contribution is 9.10. The molecule has 1 aliphatic rings. The average molecular weight is 446 g/mol. The molecule has 1 aromatic heterocycles. The zero-order chi connectivity index (χ0) is 19.1. The van der Waals surface area contributed by atoms with E-state index in [1.165, 1.54) is 24.3 Å². The maximum absolute atomic E-state index is 13.3. The van der Waals surface area contributed by atoms with Gasteiger partial charge >= 0.3 is 5.97 Å². The van der Waals surface area contributed by atoms with E-state index in [4.69, 9.17) is 0 Å². The Morgan fingerprint density at radius 1 is 1.22 bits per heavy atom. The van der Waals surface area contributed by atoms with E-state index in [9.17, 15) is 19.1 Å². The Labute approximate surface area is 166 Å².